The Morgan fingerprint density at radius 3 is 2.49 bits per heavy atom. The van der Waals surface area contributed by atoms with Crippen molar-refractivity contribution in [3.05, 3.63) is 95.7 Å². The highest BCUT2D eigenvalue weighted by Gasteiger charge is 2.45. The van der Waals surface area contributed by atoms with E-state index < -0.39 is 23.1 Å². The maximum Gasteiger partial charge on any atom is 0.220 e. The molecule has 2 aromatic heterocycles. The SMILES string of the molecule is NC1=NC2(COC1)c1cc(-c3cccnc3F)ccc1Oc1cnc(-c3ccc(F)c(F)c3)cc12. The van der Waals surface area contributed by atoms with E-state index in [2.05, 4.69) is 9.97 Å². The first-order chi connectivity index (χ1) is 16.9. The molecule has 6 rings (SSSR count). The van der Waals surface area contributed by atoms with Crippen molar-refractivity contribution in [1.82, 2.24) is 9.97 Å². The van der Waals surface area contributed by atoms with Crippen LogP contribution in [0.2, 0.25) is 0 Å². The third kappa shape index (κ3) is 3.43. The zero-order valence-electron chi connectivity index (χ0n) is 18.1. The van der Waals surface area contributed by atoms with Crippen LogP contribution in [0.15, 0.2) is 72.0 Å². The van der Waals surface area contributed by atoms with Gasteiger partial charge in [-0.25, -0.2) is 13.8 Å². The molecule has 0 aliphatic carbocycles. The standard InChI is InChI=1S/C26H17F3N4O2/c27-19-5-3-15(9-20(19)28)21-10-18-23(11-32-21)35-22-6-4-14(16-2-1-7-31-25(16)29)8-17(22)26(18)13-34-12-24(30)33-26/h1-11H,12-13H2,(H2,30,33). The van der Waals surface area contributed by atoms with Gasteiger partial charge in [-0.2, -0.15) is 4.39 Å². The summed E-state index contributed by atoms with van der Waals surface area (Å²) in [6.07, 6.45) is 2.89. The molecule has 6 nitrogen and oxygen atoms in total. The Morgan fingerprint density at radius 1 is 0.857 bits per heavy atom. The monoisotopic (exact) mass is 474 g/mol. The first-order valence-electron chi connectivity index (χ1n) is 10.8. The Balaban J connectivity index is 1.57. The van der Waals surface area contributed by atoms with E-state index in [0.29, 0.717) is 45.0 Å². The predicted octanol–water partition coefficient (Wildman–Crippen LogP) is 4.96. The lowest BCUT2D eigenvalue weighted by Gasteiger charge is -2.39. The third-order valence-electron chi connectivity index (χ3n) is 6.14. The van der Waals surface area contributed by atoms with Crippen LogP contribution in [-0.4, -0.2) is 29.0 Å². The van der Waals surface area contributed by atoms with E-state index in [1.807, 2.05) is 0 Å². The quantitative estimate of drug-likeness (QED) is 0.415. The molecule has 0 saturated heterocycles. The summed E-state index contributed by atoms with van der Waals surface area (Å²) in [5, 5.41) is 0. The number of halogens is 3. The second-order valence-corrected chi connectivity index (χ2v) is 8.31. The molecule has 2 aromatic carbocycles. The molecule has 35 heavy (non-hydrogen) atoms. The molecule has 0 radical (unpaired) electrons. The van der Waals surface area contributed by atoms with Crippen molar-refractivity contribution in [2.75, 3.05) is 13.2 Å². The van der Waals surface area contributed by atoms with Crippen LogP contribution in [0.4, 0.5) is 13.2 Å². The molecule has 2 N–H and O–H groups in total. The molecule has 174 valence electrons. The average Bonchev–Trinajstić information content (AvgIpc) is 2.86. The minimum Gasteiger partial charge on any atom is -0.455 e. The number of nitrogens with zero attached hydrogens (tertiary/aromatic N) is 3. The fourth-order valence-electron chi connectivity index (χ4n) is 4.52. The molecule has 0 fully saturated rings. The summed E-state index contributed by atoms with van der Waals surface area (Å²) in [4.78, 5) is 12.9. The number of amidine groups is 1. The van der Waals surface area contributed by atoms with Crippen molar-refractivity contribution >= 4 is 5.84 Å². The van der Waals surface area contributed by atoms with Crippen molar-refractivity contribution in [1.29, 1.82) is 0 Å². The Hall–Kier alpha value is -4.24. The molecule has 2 aliphatic rings. The normalized spacial score (nSPS) is 18.4. The fourth-order valence-corrected chi connectivity index (χ4v) is 4.52. The number of benzene rings is 2. The summed E-state index contributed by atoms with van der Waals surface area (Å²) in [5.74, 6) is -1.34. The highest BCUT2D eigenvalue weighted by Crippen LogP contribution is 2.51. The summed E-state index contributed by atoms with van der Waals surface area (Å²) < 4.78 is 53.8. The molecule has 4 aromatic rings. The smallest absolute Gasteiger partial charge is 0.220 e. The molecule has 0 saturated carbocycles. The number of hydrogen-bond acceptors (Lipinski definition) is 6. The summed E-state index contributed by atoms with van der Waals surface area (Å²) in [6, 6.07) is 13.8. The van der Waals surface area contributed by atoms with Gasteiger partial charge < -0.3 is 15.2 Å². The van der Waals surface area contributed by atoms with Gasteiger partial charge in [0.25, 0.3) is 0 Å². The molecule has 4 heterocycles. The van der Waals surface area contributed by atoms with E-state index >= 15 is 0 Å². The number of ether oxygens (including phenoxy) is 2. The van der Waals surface area contributed by atoms with Gasteiger partial charge in [-0.15, -0.1) is 0 Å². The van der Waals surface area contributed by atoms with Gasteiger partial charge in [-0.1, -0.05) is 6.07 Å². The lowest BCUT2D eigenvalue weighted by Crippen LogP contribution is -2.42. The number of rotatable bonds is 2. The van der Waals surface area contributed by atoms with E-state index in [4.69, 9.17) is 20.2 Å². The highest BCUT2D eigenvalue weighted by molar-refractivity contribution is 5.84. The van der Waals surface area contributed by atoms with E-state index in [-0.39, 0.29) is 19.0 Å². The van der Waals surface area contributed by atoms with Gasteiger partial charge in [0.15, 0.2) is 17.4 Å². The third-order valence-corrected chi connectivity index (χ3v) is 6.14. The highest BCUT2D eigenvalue weighted by atomic mass is 19.2. The number of nitrogens with two attached hydrogens (primary N) is 1. The van der Waals surface area contributed by atoms with Crippen LogP contribution in [0.5, 0.6) is 11.5 Å². The average molecular weight is 474 g/mol. The molecule has 1 atom stereocenters. The second kappa shape index (κ2) is 7.92. The van der Waals surface area contributed by atoms with E-state index in [9.17, 15) is 13.2 Å². The Labute approximate surface area is 197 Å². The van der Waals surface area contributed by atoms with Gasteiger partial charge in [-0.3, -0.25) is 9.98 Å². The summed E-state index contributed by atoms with van der Waals surface area (Å²) in [6.45, 7) is 0.294. The van der Waals surface area contributed by atoms with Crippen molar-refractivity contribution in [2.45, 2.75) is 5.54 Å². The molecule has 1 spiro atoms. The minimum absolute atomic E-state index is 0.136. The number of hydrogen-bond donors (Lipinski definition) is 1. The van der Waals surface area contributed by atoms with Crippen molar-refractivity contribution in [2.24, 2.45) is 10.7 Å². The molecule has 2 aliphatic heterocycles. The molecule has 0 amide bonds. The van der Waals surface area contributed by atoms with Gasteiger partial charge in [0, 0.05) is 28.5 Å². The fraction of sp³-hybridized carbons (Fsp3) is 0.115. The lowest BCUT2D eigenvalue weighted by molar-refractivity contribution is 0.110. The summed E-state index contributed by atoms with van der Waals surface area (Å²) in [7, 11) is 0. The van der Waals surface area contributed by atoms with Crippen LogP contribution >= 0.6 is 0 Å². The van der Waals surface area contributed by atoms with Crippen LogP contribution in [0, 0.1) is 17.6 Å². The molecule has 9 heteroatoms. The van der Waals surface area contributed by atoms with Crippen molar-refractivity contribution in [3.63, 3.8) is 0 Å². The Kier molecular flexibility index (Phi) is 4.82. The predicted molar refractivity (Wildman–Crippen MR) is 123 cm³/mol. The lowest BCUT2D eigenvalue weighted by atomic mass is 9.79. The first kappa shape index (κ1) is 21.3. The van der Waals surface area contributed by atoms with E-state index in [0.717, 1.165) is 12.1 Å². The van der Waals surface area contributed by atoms with E-state index in [1.165, 1.54) is 18.5 Å². The Morgan fingerprint density at radius 2 is 1.69 bits per heavy atom. The first-order valence-corrected chi connectivity index (χ1v) is 10.8. The maximum absolute atomic E-state index is 14.5. The second-order valence-electron chi connectivity index (χ2n) is 8.31. The molecular weight excluding hydrogens is 457 g/mol. The molecule has 1 unspecified atom stereocenters. The molecular formula is C26H17F3N4O2. The Bertz CT molecular complexity index is 1520. The molecule has 0 bridgehead atoms. The minimum atomic E-state index is -1.11. The number of aliphatic imine (C=N–C) groups is 1. The van der Waals surface area contributed by atoms with Gasteiger partial charge in [0.2, 0.25) is 5.95 Å². The van der Waals surface area contributed by atoms with Crippen molar-refractivity contribution < 1.29 is 22.6 Å². The van der Waals surface area contributed by atoms with Crippen LogP contribution in [0.25, 0.3) is 22.4 Å². The largest absolute Gasteiger partial charge is 0.455 e. The number of pyridine rings is 2. The van der Waals surface area contributed by atoms with Crippen LogP contribution in [0.1, 0.15) is 11.1 Å². The van der Waals surface area contributed by atoms with Gasteiger partial charge in [0.05, 0.1) is 18.5 Å². The maximum atomic E-state index is 14.5. The summed E-state index contributed by atoms with van der Waals surface area (Å²) in [5.41, 5.74) is 7.89. The van der Waals surface area contributed by atoms with Crippen LogP contribution in [-0.2, 0) is 10.3 Å². The topological polar surface area (TPSA) is 82.6 Å². The van der Waals surface area contributed by atoms with E-state index in [1.54, 1.807) is 36.4 Å². The van der Waals surface area contributed by atoms with Crippen LogP contribution in [0.3, 0.4) is 0 Å². The van der Waals surface area contributed by atoms with Gasteiger partial charge in [0.1, 0.15) is 23.7 Å². The number of fused-ring (bicyclic) bond motifs is 4. The van der Waals surface area contributed by atoms with Crippen molar-refractivity contribution in [3.8, 4) is 33.9 Å². The number of aromatic nitrogens is 2. The van der Waals surface area contributed by atoms with Gasteiger partial charge in [-0.05, 0) is 54.1 Å². The summed E-state index contributed by atoms with van der Waals surface area (Å²) >= 11 is 0. The van der Waals surface area contributed by atoms with Gasteiger partial charge >= 0.3 is 0 Å². The van der Waals surface area contributed by atoms with Crippen LogP contribution < -0.4 is 10.5 Å². The zero-order valence-corrected chi connectivity index (χ0v) is 18.1. The zero-order chi connectivity index (χ0) is 24.2.